The highest BCUT2D eigenvalue weighted by molar-refractivity contribution is 7.21. The third kappa shape index (κ3) is 6.40. The Morgan fingerprint density at radius 3 is 2.29 bits per heavy atom. The Morgan fingerprint density at radius 2 is 1.52 bits per heavy atom. The number of hydrogen-bond donors (Lipinski definition) is 3. The highest BCUT2D eigenvalue weighted by Crippen LogP contribution is 2.35. The minimum atomic E-state index is -4.67. The molecule has 2 amide bonds. The van der Waals surface area contributed by atoms with E-state index in [1.807, 2.05) is 66.7 Å². The van der Waals surface area contributed by atoms with E-state index in [-0.39, 0.29) is 0 Å². The number of aryl methyl sites for hydroxylation is 1. The van der Waals surface area contributed by atoms with E-state index in [9.17, 15) is 22.4 Å². The Hall–Kier alpha value is -5.81. The number of benzene rings is 5. The number of amides is 2. The lowest BCUT2D eigenvalue weighted by Crippen LogP contribution is -2.20. The van der Waals surface area contributed by atoms with E-state index in [0.29, 0.717) is 29.7 Å². The van der Waals surface area contributed by atoms with Crippen molar-refractivity contribution < 1.29 is 22.4 Å². The first-order chi connectivity index (χ1) is 23.1. The maximum Gasteiger partial charge on any atom is 0.416 e. The summed E-state index contributed by atoms with van der Waals surface area (Å²) in [6.07, 6.45) is -2.94. The van der Waals surface area contributed by atoms with Gasteiger partial charge < -0.3 is 16.0 Å². The summed E-state index contributed by atoms with van der Waals surface area (Å²) in [4.78, 5) is 21.8. The number of nitrogens with zero attached hydrogens (tertiary/aromatic N) is 2. The van der Waals surface area contributed by atoms with E-state index < -0.39 is 29.3 Å². The zero-order valence-corrected chi connectivity index (χ0v) is 26.0. The molecule has 6 nitrogen and oxygen atoms in total. The fourth-order valence-corrected chi connectivity index (χ4v) is 6.43. The van der Waals surface area contributed by atoms with Gasteiger partial charge in [-0.2, -0.15) is 13.2 Å². The van der Waals surface area contributed by atoms with Crippen LogP contribution in [-0.4, -0.2) is 16.0 Å². The van der Waals surface area contributed by atoms with Gasteiger partial charge in [-0.3, -0.25) is 0 Å². The molecule has 48 heavy (non-hydrogen) atoms. The number of fused-ring (bicyclic) bond motifs is 2. The Balaban J connectivity index is 1.07. The molecule has 0 saturated heterocycles. The van der Waals surface area contributed by atoms with E-state index >= 15 is 0 Å². The van der Waals surface area contributed by atoms with Crippen molar-refractivity contribution in [3.8, 4) is 21.7 Å². The Morgan fingerprint density at radius 1 is 0.771 bits per heavy atom. The first kappa shape index (κ1) is 30.8. The van der Waals surface area contributed by atoms with E-state index in [4.69, 9.17) is 4.98 Å². The molecule has 0 bridgehead atoms. The average molecular weight is 664 g/mol. The van der Waals surface area contributed by atoms with Crippen molar-refractivity contribution in [1.29, 1.82) is 0 Å². The van der Waals surface area contributed by atoms with Gasteiger partial charge >= 0.3 is 12.2 Å². The van der Waals surface area contributed by atoms with Gasteiger partial charge in [-0.15, -0.1) is 11.3 Å². The lowest BCUT2D eigenvalue weighted by molar-refractivity contribution is -0.137. The summed E-state index contributed by atoms with van der Waals surface area (Å²) in [5.41, 5.74) is 4.62. The SMILES string of the molecule is Cc1ccc2nc(-c3ccc(Nc4nccc5c(-c6ccc(NC(=O)Nc7cc(C(F)(F)F)ccc7F)cc6)cccc45)cc3)sc2c1. The molecule has 0 unspecified atom stereocenters. The molecule has 0 aliphatic heterocycles. The van der Waals surface area contributed by atoms with Crippen molar-refractivity contribution in [3.63, 3.8) is 0 Å². The molecule has 5 aromatic carbocycles. The molecule has 7 rings (SSSR count). The maximum atomic E-state index is 14.1. The van der Waals surface area contributed by atoms with E-state index in [1.54, 1.807) is 29.7 Å². The van der Waals surface area contributed by atoms with Crippen LogP contribution < -0.4 is 16.0 Å². The van der Waals surface area contributed by atoms with Gasteiger partial charge in [0.05, 0.1) is 21.5 Å². The smallest absolute Gasteiger partial charge is 0.340 e. The van der Waals surface area contributed by atoms with Gasteiger partial charge in [0.15, 0.2) is 0 Å². The van der Waals surface area contributed by atoms with Crippen molar-refractivity contribution in [2.75, 3.05) is 16.0 Å². The molecular weight excluding hydrogens is 638 g/mol. The molecular formula is C37H25F4N5OS. The Kier molecular flexibility index (Phi) is 7.98. The molecule has 0 aliphatic carbocycles. The fourth-order valence-electron chi connectivity index (χ4n) is 5.36. The number of nitrogens with one attached hydrogen (secondary N) is 3. The fraction of sp³-hybridized carbons (Fsp3) is 0.0541. The number of carbonyl (C=O) groups excluding carboxylic acids is 1. The molecule has 0 radical (unpaired) electrons. The Labute approximate surface area is 276 Å². The number of urea groups is 1. The predicted octanol–water partition coefficient (Wildman–Crippen LogP) is 11.0. The third-order valence-corrected chi connectivity index (χ3v) is 8.81. The summed E-state index contributed by atoms with van der Waals surface area (Å²) in [5, 5.41) is 10.9. The monoisotopic (exact) mass is 663 g/mol. The Bertz CT molecular complexity index is 2300. The second kappa shape index (κ2) is 12.4. The van der Waals surface area contributed by atoms with Crippen LogP contribution in [0.4, 0.5) is 45.2 Å². The molecule has 11 heteroatoms. The number of carbonyl (C=O) groups is 1. The largest absolute Gasteiger partial charge is 0.416 e. The third-order valence-electron chi connectivity index (χ3n) is 7.74. The van der Waals surface area contributed by atoms with Crippen molar-refractivity contribution in [1.82, 2.24) is 9.97 Å². The van der Waals surface area contributed by atoms with Crippen LogP contribution in [0.25, 0.3) is 42.7 Å². The van der Waals surface area contributed by atoms with Crippen LogP contribution >= 0.6 is 11.3 Å². The molecule has 3 N–H and O–H groups in total. The molecule has 0 atom stereocenters. The standard InChI is InChI=1S/C37H25F4N5OS/c1-21-5-16-31-33(19-21)48-35(45-31)23-8-13-25(14-9-23)43-34-29-4-2-3-27(28(29)17-18-42-34)22-6-11-26(12-7-22)44-36(47)46-32-20-24(37(39,40)41)10-15-30(32)38/h2-20H,1H3,(H,42,43)(H2,44,46,47). The summed E-state index contributed by atoms with van der Waals surface area (Å²) in [7, 11) is 0. The van der Waals surface area contributed by atoms with Crippen LogP contribution in [0.1, 0.15) is 11.1 Å². The van der Waals surface area contributed by atoms with Gasteiger partial charge in [-0.1, -0.05) is 36.4 Å². The predicted molar refractivity (Wildman–Crippen MR) is 184 cm³/mol. The first-order valence-corrected chi connectivity index (χ1v) is 15.6. The van der Waals surface area contributed by atoms with Gasteiger partial charge in [0.2, 0.25) is 0 Å². The molecule has 0 saturated carbocycles. The van der Waals surface area contributed by atoms with E-state index in [1.165, 1.54) is 5.56 Å². The van der Waals surface area contributed by atoms with Crippen molar-refractivity contribution >= 4 is 61.2 Å². The number of thiazole rings is 1. The number of pyridine rings is 1. The molecule has 7 aromatic rings. The van der Waals surface area contributed by atoms with Crippen molar-refractivity contribution in [2.45, 2.75) is 13.1 Å². The molecule has 0 fully saturated rings. The second-order valence-corrected chi connectivity index (χ2v) is 12.1. The number of anilines is 4. The lowest BCUT2D eigenvalue weighted by atomic mass is 9.99. The number of hydrogen-bond acceptors (Lipinski definition) is 5. The highest BCUT2D eigenvalue weighted by Gasteiger charge is 2.31. The van der Waals surface area contributed by atoms with Gasteiger partial charge in [-0.25, -0.2) is 19.2 Å². The van der Waals surface area contributed by atoms with E-state index in [2.05, 4.69) is 40.0 Å². The number of alkyl halides is 3. The van der Waals surface area contributed by atoms with Crippen LogP contribution in [-0.2, 0) is 6.18 Å². The summed E-state index contributed by atoms with van der Waals surface area (Å²) >= 11 is 1.67. The van der Waals surface area contributed by atoms with Crippen molar-refractivity contribution in [2.24, 2.45) is 0 Å². The topological polar surface area (TPSA) is 78.9 Å². The normalized spacial score (nSPS) is 11.5. The van der Waals surface area contributed by atoms with Crippen LogP contribution in [0.3, 0.4) is 0 Å². The van der Waals surface area contributed by atoms with Crippen LogP contribution in [0.2, 0.25) is 0 Å². The van der Waals surface area contributed by atoms with Gasteiger partial charge in [0.25, 0.3) is 0 Å². The lowest BCUT2D eigenvalue weighted by Gasteiger charge is -2.13. The molecule has 0 spiro atoms. The molecule has 238 valence electrons. The zero-order valence-electron chi connectivity index (χ0n) is 25.2. The minimum absolute atomic E-state index is 0.373. The zero-order chi connectivity index (χ0) is 33.4. The number of rotatable bonds is 6. The van der Waals surface area contributed by atoms with Crippen LogP contribution in [0, 0.1) is 12.7 Å². The molecule has 0 aliphatic rings. The quantitative estimate of drug-likeness (QED) is 0.155. The summed E-state index contributed by atoms with van der Waals surface area (Å²) < 4.78 is 54.3. The summed E-state index contributed by atoms with van der Waals surface area (Å²) in [6, 6.07) is 30.0. The van der Waals surface area contributed by atoms with E-state index in [0.717, 1.165) is 48.4 Å². The second-order valence-electron chi connectivity index (χ2n) is 11.1. The van der Waals surface area contributed by atoms with Crippen LogP contribution in [0.5, 0.6) is 0 Å². The number of aromatic nitrogens is 2. The summed E-state index contributed by atoms with van der Waals surface area (Å²) in [6.45, 7) is 2.07. The summed E-state index contributed by atoms with van der Waals surface area (Å²) in [5.74, 6) is -0.293. The minimum Gasteiger partial charge on any atom is -0.340 e. The average Bonchev–Trinajstić information content (AvgIpc) is 3.49. The van der Waals surface area contributed by atoms with Crippen LogP contribution in [0.15, 0.2) is 115 Å². The number of halogens is 4. The highest BCUT2D eigenvalue weighted by atomic mass is 32.1. The van der Waals surface area contributed by atoms with Gasteiger partial charge in [-0.05, 0) is 102 Å². The van der Waals surface area contributed by atoms with Gasteiger partial charge in [0.1, 0.15) is 16.6 Å². The maximum absolute atomic E-state index is 14.1. The van der Waals surface area contributed by atoms with Gasteiger partial charge in [0, 0.05) is 28.5 Å². The molecule has 2 heterocycles. The van der Waals surface area contributed by atoms with Crippen molar-refractivity contribution in [3.05, 3.63) is 132 Å². The first-order valence-electron chi connectivity index (χ1n) is 14.8. The molecule has 2 aromatic heterocycles.